The van der Waals surface area contributed by atoms with E-state index < -0.39 is 28.6 Å². The van der Waals surface area contributed by atoms with Crippen LogP contribution in [0.25, 0.3) is 10.9 Å². The predicted octanol–water partition coefficient (Wildman–Crippen LogP) is 3.18. The number of hydrogen-bond acceptors (Lipinski definition) is 2. The second kappa shape index (κ2) is 4.90. The Bertz CT molecular complexity index is 866. The molecule has 1 heterocycles. The van der Waals surface area contributed by atoms with E-state index in [0.717, 1.165) is 12.8 Å². The molecule has 0 unspecified atom stereocenters. The van der Waals surface area contributed by atoms with Gasteiger partial charge in [0.15, 0.2) is 5.82 Å². The Morgan fingerprint density at radius 1 is 1.36 bits per heavy atom. The number of benzene rings is 1. The van der Waals surface area contributed by atoms with E-state index in [1.54, 1.807) is 6.92 Å². The lowest BCUT2D eigenvalue weighted by Crippen LogP contribution is -2.21. The van der Waals surface area contributed by atoms with Crippen LogP contribution >= 0.6 is 0 Å². The Balaban J connectivity index is 2.57. The van der Waals surface area contributed by atoms with Gasteiger partial charge in [-0.3, -0.25) is 4.79 Å². The van der Waals surface area contributed by atoms with Crippen molar-refractivity contribution in [1.82, 2.24) is 4.57 Å². The van der Waals surface area contributed by atoms with Crippen LogP contribution in [0.5, 0.6) is 0 Å². The highest BCUT2D eigenvalue weighted by molar-refractivity contribution is 5.94. The fourth-order valence-electron chi connectivity index (χ4n) is 2.88. The zero-order valence-corrected chi connectivity index (χ0v) is 12.2. The standard InChI is InChI=1S/C16H15F2NO3/c1-3-9-12(17)7(2)11-14(13(9)18)19(8-4-5-8)6-10(15(11)20)16(21)22/h6,8H,3-5H2,1-2H3,(H,21,22). The van der Waals surface area contributed by atoms with Crippen molar-refractivity contribution in [3.8, 4) is 0 Å². The van der Waals surface area contributed by atoms with Crippen molar-refractivity contribution in [3.05, 3.63) is 44.7 Å². The molecule has 0 radical (unpaired) electrons. The Kier molecular flexibility index (Phi) is 3.27. The van der Waals surface area contributed by atoms with Crippen molar-refractivity contribution in [2.75, 3.05) is 0 Å². The maximum Gasteiger partial charge on any atom is 0.341 e. The molecular formula is C16H15F2NO3. The molecule has 1 aromatic heterocycles. The molecule has 0 aliphatic heterocycles. The zero-order chi connectivity index (χ0) is 16.2. The Morgan fingerprint density at radius 3 is 2.50 bits per heavy atom. The molecular weight excluding hydrogens is 292 g/mol. The molecule has 1 fully saturated rings. The highest BCUT2D eigenvalue weighted by Gasteiger charge is 2.30. The SMILES string of the molecule is CCc1c(F)c(C)c2c(=O)c(C(=O)O)cn(C3CC3)c2c1F. The van der Waals surface area contributed by atoms with Crippen LogP contribution in [0.2, 0.25) is 0 Å². The second-order valence-electron chi connectivity index (χ2n) is 5.62. The van der Waals surface area contributed by atoms with E-state index in [1.165, 1.54) is 17.7 Å². The Morgan fingerprint density at radius 2 is 2.00 bits per heavy atom. The van der Waals surface area contributed by atoms with Crippen LogP contribution in [0.15, 0.2) is 11.0 Å². The fourth-order valence-corrected chi connectivity index (χ4v) is 2.88. The van der Waals surface area contributed by atoms with E-state index in [2.05, 4.69) is 0 Å². The van der Waals surface area contributed by atoms with Gasteiger partial charge < -0.3 is 9.67 Å². The summed E-state index contributed by atoms with van der Waals surface area (Å²) in [6.07, 6.45) is 2.92. The topological polar surface area (TPSA) is 59.3 Å². The summed E-state index contributed by atoms with van der Waals surface area (Å²) in [5.41, 5.74) is -1.33. The first-order chi connectivity index (χ1) is 10.4. The van der Waals surface area contributed by atoms with Gasteiger partial charge in [0.25, 0.3) is 0 Å². The summed E-state index contributed by atoms with van der Waals surface area (Å²) in [6.45, 7) is 3.03. The zero-order valence-electron chi connectivity index (χ0n) is 12.2. The number of pyridine rings is 1. The highest BCUT2D eigenvalue weighted by atomic mass is 19.1. The number of rotatable bonds is 3. The average molecular weight is 307 g/mol. The smallest absolute Gasteiger partial charge is 0.341 e. The molecule has 0 amide bonds. The minimum absolute atomic E-state index is 0.00995. The Labute approximate surface area is 125 Å². The van der Waals surface area contributed by atoms with E-state index >= 15 is 0 Å². The summed E-state index contributed by atoms with van der Waals surface area (Å²) in [4.78, 5) is 23.6. The van der Waals surface area contributed by atoms with Crippen LogP contribution in [-0.2, 0) is 6.42 Å². The summed E-state index contributed by atoms with van der Waals surface area (Å²) in [5, 5.41) is 9.01. The van der Waals surface area contributed by atoms with Crippen molar-refractivity contribution in [2.45, 2.75) is 39.2 Å². The van der Waals surface area contributed by atoms with Crippen LogP contribution in [-0.4, -0.2) is 15.6 Å². The molecule has 1 aliphatic carbocycles. The van der Waals surface area contributed by atoms with Crippen molar-refractivity contribution in [1.29, 1.82) is 0 Å². The van der Waals surface area contributed by atoms with Crippen LogP contribution in [0.4, 0.5) is 8.78 Å². The van der Waals surface area contributed by atoms with E-state index in [1.807, 2.05) is 0 Å². The maximum atomic E-state index is 14.7. The van der Waals surface area contributed by atoms with Crippen molar-refractivity contribution >= 4 is 16.9 Å². The number of aromatic carboxylic acids is 1. The van der Waals surface area contributed by atoms with Crippen molar-refractivity contribution < 1.29 is 18.7 Å². The number of aromatic nitrogens is 1. The number of aryl methyl sites for hydroxylation is 1. The molecule has 1 N–H and O–H groups in total. The van der Waals surface area contributed by atoms with Gasteiger partial charge in [0.05, 0.1) is 10.9 Å². The van der Waals surface area contributed by atoms with Crippen molar-refractivity contribution in [3.63, 3.8) is 0 Å². The van der Waals surface area contributed by atoms with E-state index in [9.17, 15) is 23.5 Å². The monoisotopic (exact) mass is 307 g/mol. The lowest BCUT2D eigenvalue weighted by molar-refractivity contribution is 0.0695. The summed E-state index contributed by atoms with van der Waals surface area (Å²) in [5.74, 6) is -2.92. The summed E-state index contributed by atoms with van der Waals surface area (Å²) in [7, 11) is 0. The first kappa shape index (κ1) is 14.7. The molecule has 22 heavy (non-hydrogen) atoms. The number of carboxylic acids is 1. The number of halogens is 2. The first-order valence-corrected chi connectivity index (χ1v) is 7.17. The third-order valence-electron chi connectivity index (χ3n) is 4.20. The number of fused-ring (bicyclic) bond motifs is 1. The van der Waals surface area contributed by atoms with Crippen LogP contribution in [0.1, 0.15) is 47.3 Å². The summed E-state index contributed by atoms with van der Waals surface area (Å²) < 4.78 is 30.5. The summed E-state index contributed by atoms with van der Waals surface area (Å²) >= 11 is 0. The molecule has 6 heteroatoms. The molecule has 1 aromatic carbocycles. The molecule has 2 aromatic rings. The minimum Gasteiger partial charge on any atom is -0.477 e. The van der Waals surface area contributed by atoms with E-state index in [0.29, 0.717) is 0 Å². The van der Waals surface area contributed by atoms with Crippen molar-refractivity contribution in [2.24, 2.45) is 0 Å². The lowest BCUT2D eigenvalue weighted by Gasteiger charge is -2.16. The summed E-state index contributed by atoms with van der Waals surface area (Å²) in [6, 6.07) is -0.0368. The first-order valence-electron chi connectivity index (χ1n) is 7.17. The maximum absolute atomic E-state index is 14.7. The molecule has 1 saturated carbocycles. The Hall–Kier alpha value is -2.24. The molecule has 0 atom stereocenters. The highest BCUT2D eigenvalue weighted by Crippen LogP contribution is 2.39. The van der Waals surface area contributed by atoms with Gasteiger partial charge in [0.2, 0.25) is 5.43 Å². The molecule has 116 valence electrons. The normalized spacial score (nSPS) is 14.5. The number of carbonyl (C=O) groups is 1. The fraction of sp³-hybridized carbons (Fsp3) is 0.375. The number of nitrogens with zero attached hydrogens (tertiary/aromatic N) is 1. The van der Waals surface area contributed by atoms with Gasteiger partial charge in [-0.25, -0.2) is 13.6 Å². The van der Waals surface area contributed by atoms with Gasteiger partial charge in [-0.1, -0.05) is 6.92 Å². The quantitative estimate of drug-likeness (QED) is 0.947. The van der Waals surface area contributed by atoms with E-state index in [4.69, 9.17) is 0 Å². The second-order valence-corrected chi connectivity index (χ2v) is 5.62. The van der Waals surface area contributed by atoms with Crippen LogP contribution in [0, 0.1) is 18.6 Å². The van der Waals surface area contributed by atoms with Gasteiger partial charge >= 0.3 is 5.97 Å². The molecule has 1 aliphatic rings. The molecule has 0 bridgehead atoms. The molecule has 4 nitrogen and oxygen atoms in total. The number of hydrogen-bond donors (Lipinski definition) is 1. The predicted molar refractivity (Wildman–Crippen MR) is 77.5 cm³/mol. The molecule has 0 saturated heterocycles. The number of carboxylic acid groups (broad SMARTS) is 1. The third kappa shape index (κ3) is 1.94. The van der Waals surface area contributed by atoms with Gasteiger partial charge in [0.1, 0.15) is 11.4 Å². The minimum atomic E-state index is -1.39. The molecule has 0 spiro atoms. The van der Waals surface area contributed by atoms with Gasteiger partial charge in [-0.05, 0) is 31.7 Å². The third-order valence-corrected chi connectivity index (χ3v) is 4.20. The largest absolute Gasteiger partial charge is 0.477 e. The van der Waals surface area contributed by atoms with Crippen LogP contribution < -0.4 is 5.43 Å². The van der Waals surface area contributed by atoms with E-state index in [-0.39, 0.29) is 34.5 Å². The average Bonchev–Trinajstić information content (AvgIpc) is 3.29. The van der Waals surface area contributed by atoms with Crippen LogP contribution in [0.3, 0.4) is 0 Å². The van der Waals surface area contributed by atoms with Gasteiger partial charge in [0, 0.05) is 17.8 Å². The molecule has 3 rings (SSSR count). The van der Waals surface area contributed by atoms with Gasteiger partial charge in [-0.2, -0.15) is 0 Å². The lowest BCUT2D eigenvalue weighted by atomic mass is 9.99. The van der Waals surface area contributed by atoms with Gasteiger partial charge in [-0.15, -0.1) is 0 Å².